The number of nitrogens with one attached hydrogen (secondary N) is 1. The van der Waals surface area contributed by atoms with Crippen LogP contribution in [0.1, 0.15) is 42.5 Å². The second-order valence-electron chi connectivity index (χ2n) is 5.67. The van der Waals surface area contributed by atoms with Gasteiger partial charge >= 0.3 is 0 Å². The molecule has 3 N–H and O–H groups in total. The summed E-state index contributed by atoms with van der Waals surface area (Å²) < 4.78 is 39.5. The summed E-state index contributed by atoms with van der Waals surface area (Å²) in [5.74, 6) is -5.15. The fraction of sp³-hybridized carbons (Fsp3) is 0.533. The first-order valence-corrected chi connectivity index (χ1v) is 7.11. The Hall–Kier alpha value is -1.56. The second-order valence-corrected chi connectivity index (χ2v) is 5.67. The molecule has 6 heteroatoms. The van der Waals surface area contributed by atoms with Crippen molar-refractivity contribution >= 4 is 5.91 Å². The van der Waals surface area contributed by atoms with E-state index in [0.29, 0.717) is 13.1 Å². The van der Waals surface area contributed by atoms with Crippen LogP contribution in [0.4, 0.5) is 13.2 Å². The van der Waals surface area contributed by atoms with Crippen LogP contribution in [0.3, 0.4) is 0 Å². The summed E-state index contributed by atoms with van der Waals surface area (Å²) in [4.78, 5) is 11.9. The van der Waals surface area contributed by atoms with E-state index in [0.717, 1.165) is 44.2 Å². The molecule has 0 bridgehead atoms. The van der Waals surface area contributed by atoms with Gasteiger partial charge in [-0.1, -0.05) is 19.3 Å². The van der Waals surface area contributed by atoms with Crippen molar-refractivity contribution in [1.82, 2.24) is 5.32 Å². The van der Waals surface area contributed by atoms with Crippen LogP contribution in [0.5, 0.6) is 0 Å². The smallest absolute Gasteiger partial charge is 0.254 e. The SMILES string of the molecule is NCC1(CNC(=O)c2ccc(F)c(F)c2F)CCCCC1. The molecule has 21 heavy (non-hydrogen) atoms. The topological polar surface area (TPSA) is 55.1 Å². The summed E-state index contributed by atoms with van der Waals surface area (Å²) in [5.41, 5.74) is 5.14. The highest BCUT2D eigenvalue weighted by atomic mass is 19.2. The Kier molecular flexibility index (Phi) is 4.88. The van der Waals surface area contributed by atoms with E-state index in [4.69, 9.17) is 5.73 Å². The number of hydrogen-bond donors (Lipinski definition) is 2. The number of carbonyl (C=O) groups is 1. The highest BCUT2D eigenvalue weighted by Crippen LogP contribution is 2.34. The number of nitrogens with two attached hydrogens (primary N) is 1. The summed E-state index contributed by atoms with van der Waals surface area (Å²) in [7, 11) is 0. The van der Waals surface area contributed by atoms with Crippen LogP contribution in [0.25, 0.3) is 0 Å². The maximum Gasteiger partial charge on any atom is 0.254 e. The maximum atomic E-state index is 13.6. The van der Waals surface area contributed by atoms with Gasteiger partial charge in [0.1, 0.15) is 0 Å². The molecule has 0 radical (unpaired) electrons. The van der Waals surface area contributed by atoms with Crippen molar-refractivity contribution in [2.75, 3.05) is 13.1 Å². The lowest BCUT2D eigenvalue weighted by atomic mass is 9.74. The van der Waals surface area contributed by atoms with Crippen molar-refractivity contribution in [3.05, 3.63) is 35.1 Å². The largest absolute Gasteiger partial charge is 0.351 e. The zero-order valence-electron chi connectivity index (χ0n) is 11.7. The van der Waals surface area contributed by atoms with E-state index in [1.807, 2.05) is 0 Å². The van der Waals surface area contributed by atoms with Crippen molar-refractivity contribution < 1.29 is 18.0 Å². The van der Waals surface area contributed by atoms with Crippen molar-refractivity contribution in [2.24, 2.45) is 11.1 Å². The molecule has 0 heterocycles. The molecule has 0 aliphatic heterocycles. The lowest BCUT2D eigenvalue weighted by molar-refractivity contribution is 0.0908. The van der Waals surface area contributed by atoms with Gasteiger partial charge in [-0.25, -0.2) is 13.2 Å². The Labute approximate surface area is 121 Å². The van der Waals surface area contributed by atoms with Crippen LogP contribution in [0.15, 0.2) is 12.1 Å². The molecule has 1 aromatic rings. The number of benzene rings is 1. The summed E-state index contributed by atoms with van der Waals surface area (Å²) >= 11 is 0. The van der Waals surface area contributed by atoms with Gasteiger partial charge in [0.2, 0.25) is 0 Å². The first kappa shape index (κ1) is 15.8. The van der Waals surface area contributed by atoms with E-state index in [1.165, 1.54) is 0 Å². The van der Waals surface area contributed by atoms with Crippen molar-refractivity contribution in [1.29, 1.82) is 0 Å². The van der Waals surface area contributed by atoms with E-state index < -0.39 is 28.9 Å². The molecule has 1 fully saturated rings. The molecular formula is C15H19F3N2O. The van der Waals surface area contributed by atoms with Gasteiger partial charge in [0, 0.05) is 6.54 Å². The Morgan fingerprint density at radius 3 is 2.43 bits per heavy atom. The standard InChI is InChI=1S/C15H19F3N2O/c16-11-5-4-10(12(17)13(11)18)14(21)20-9-15(8-19)6-2-1-3-7-15/h4-5H,1-3,6-9,19H2,(H,20,21). The first-order valence-electron chi connectivity index (χ1n) is 7.11. The monoisotopic (exact) mass is 300 g/mol. The highest BCUT2D eigenvalue weighted by molar-refractivity contribution is 5.94. The Balaban J connectivity index is 2.06. The van der Waals surface area contributed by atoms with Crippen LogP contribution < -0.4 is 11.1 Å². The molecular weight excluding hydrogens is 281 g/mol. The lowest BCUT2D eigenvalue weighted by Crippen LogP contribution is -2.44. The van der Waals surface area contributed by atoms with E-state index >= 15 is 0 Å². The minimum Gasteiger partial charge on any atom is -0.351 e. The van der Waals surface area contributed by atoms with Gasteiger partial charge in [0.15, 0.2) is 17.5 Å². The molecule has 1 amide bonds. The predicted octanol–water partition coefficient (Wildman–Crippen LogP) is 2.74. The van der Waals surface area contributed by atoms with Crippen LogP contribution in [0, 0.1) is 22.9 Å². The van der Waals surface area contributed by atoms with Crippen LogP contribution >= 0.6 is 0 Å². The third-order valence-electron chi connectivity index (χ3n) is 4.25. The predicted molar refractivity (Wildman–Crippen MR) is 73.2 cm³/mol. The van der Waals surface area contributed by atoms with Gasteiger partial charge < -0.3 is 11.1 Å². The number of halogens is 3. The minimum absolute atomic E-state index is 0.178. The highest BCUT2D eigenvalue weighted by Gasteiger charge is 2.31. The fourth-order valence-electron chi connectivity index (χ4n) is 2.82. The molecule has 0 atom stereocenters. The molecule has 0 spiro atoms. The van der Waals surface area contributed by atoms with E-state index in [2.05, 4.69) is 5.32 Å². The van der Waals surface area contributed by atoms with Crippen LogP contribution in [-0.4, -0.2) is 19.0 Å². The number of hydrogen-bond acceptors (Lipinski definition) is 2. The van der Waals surface area contributed by atoms with Gasteiger partial charge in [-0.15, -0.1) is 0 Å². The molecule has 2 rings (SSSR count). The van der Waals surface area contributed by atoms with Crippen molar-refractivity contribution in [3.63, 3.8) is 0 Å². The molecule has 1 saturated carbocycles. The molecule has 116 valence electrons. The number of carbonyl (C=O) groups excluding carboxylic acids is 1. The van der Waals surface area contributed by atoms with E-state index in [-0.39, 0.29) is 5.41 Å². The Morgan fingerprint density at radius 1 is 1.14 bits per heavy atom. The molecule has 1 aromatic carbocycles. The molecule has 0 aromatic heterocycles. The van der Waals surface area contributed by atoms with Crippen LogP contribution in [0.2, 0.25) is 0 Å². The maximum absolute atomic E-state index is 13.6. The van der Waals surface area contributed by atoms with Gasteiger partial charge in [-0.2, -0.15) is 0 Å². The molecule has 1 aliphatic rings. The average molecular weight is 300 g/mol. The summed E-state index contributed by atoms with van der Waals surface area (Å²) in [6.45, 7) is 0.758. The van der Waals surface area contributed by atoms with E-state index in [9.17, 15) is 18.0 Å². The number of amides is 1. The molecule has 1 aliphatic carbocycles. The third kappa shape index (κ3) is 3.37. The Morgan fingerprint density at radius 2 is 1.81 bits per heavy atom. The van der Waals surface area contributed by atoms with E-state index in [1.54, 1.807) is 0 Å². The van der Waals surface area contributed by atoms with Crippen molar-refractivity contribution in [3.8, 4) is 0 Å². The molecule has 3 nitrogen and oxygen atoms in total. The zero-order valence-corrected chi connectivity index (χ0v) is 11.7. The second kappa shape index (κ2) is 6.47. The normalized spacial score (nSPS) is 17.5. The lowest BCUT2D eigenvalue weighted by Gasteiger charge is -2.36. The third-order valence-corrected chi connectivity index (χ3v) is 4.25. The van der Waals surface area contributed by atoms with Gasteiger partial charge in [0.25, 0.3) is 5.91 Å². The molecule has 0 unspecified atom stereocenters. The van der Waals surface area contributed by atoms with Gasteiger partial charge in [-0.3, -0.25) is 4.79 Å². The summed E-state index contributed by atoms with van der Waals surface area (Å²) in [6.07, 6.45) is 5.06. The summed E-state index contributed by atoms with van der Waals surface area (Å²) in [6, 6.07) is 1.69. The van der Waals surface area contributed by atoms with Crippen LogP contribution in [-0.2, 0) is 0 Å². The minimum atomic E-state index is -1.63. The van der Waals surface area contributed by atoms with Gasteiger partial charge in [0.05, 0.1) is 5.56 Å². The first-order chi connectivity index (χ1) is 9.99. The van der Waals surface area contributed by atoms with Gasteiger partial charge in [-0.05, 0) is 36.9 Å². The van der Waals surface area contributed by atoms with Crippen molar-refractivity contribution in [2.45, 2.75) is 32.1 Å². The molecule has 0 saturated heterocycles. The summed E-state index contributed by atoms with van der Waals surface area (Å²) in [5, 5.41) is 2.60. The fourth-order valence-corrected chi connectivity index (χ4v) is 2.82. The quantitative estimate of drug-likeness (QED) is 0.840. The Bertz CT molecular complexity index is 528. The average Bonchev–Trinajstić information content (AvgIpc) is 2.51. The zero-order chi connectivity index (χ0) is 15.5. The number of rotatable bonds is 4.